The average Bonchev–Trinajstić information content (AvgIpc) is 3.41. The Balaban J connectivity index is 1.40. The zero-order valence-electron chi connectivity index (χ0n) is 17.1. The summed E-state index contributed by atoms with van der Waals surface area (Å²) in [4.78, 5) is 16.2. The molecular weight excluding hydrogens is 390 g/mol. The minimum absolute atomic E-state index is 0.0243. The number of anilines is 2. The molecule has 0 spiro atoms. The molecule has 3 aromatic rings. The minimum atomic E-state index is -0.431. The Morgan fingerprint density at radius 1 is 1.43 bits per heavy atom. The van der Waals surface area contributed by atoms with Crippen LogP contribution in [0.4, 0.5) is 16.4 Å². The lowest BCUT2D eigenvalue weighted by atomic mass is 10.1. The van der Waals surface area contributed by atoms with Crippen molar-refractivity contribution in [2.24, 2.45) is 0 Å². The summed E-state index contributed by atoms with van der Waals surface area (Å²) in [5.74, 6) is 1.23. The van der Waals surface area contributed by atoms with Gasteiger partial charge in [-0.2, -0.15) is 10.2 Å². The van der Waals surface area contributed by atoms with Gasteiger partial charge in [0.05, 0.1) is 24.6 Å². The number of aromatic amines is 1. The molecule has 1 fully saturated rings. The highest BCUT2D eigenvalue weighted by molar-refractivity contribution is 5.72. The molecule has 0 saturated carbocycles. The summed E-state index contributed by atoms with van der Waals surface area (Å²) in [6, 6.07) is 3.80. The van der Waals surface area contributed by atoms with Gasteiger partial charge in [0.15, 0.2) is 11.6 Å². The first-order valence-electron chi connectivity index (χ1n) is 9.75. The van der Waals surface area contributed by atoms with E-state index >= 15 is 0 Å². The van der Waals surface area contributed by atoms with Gasteiger partial charge in [0.2, 0.25) is 0 Å². The van der Waals surface area contributed by atoms with Crippen molar-refractivity contribution in [1.82, 2.24) is 30.1 Å². The van der Waals surface area contributed by atoms with E-state index in [1.807, 2.05) is 26.0 Å². The van der Waals surface area contributed by atoms with E-state index in [1.54, 1.807) is 24.0 Å². The number of hydrogen-bond acceptors (Lipinski definition) is 8. The zero-order valence-corrected chi connectivity index (χ0v) is 17.1. The topological polar surface area (TPSA) is 128 Å². The van der Waals surface area contributed by atoms with Crippen LogP contribution in [0.25, 0.3) is 5.52 Å². The van der Waals surface area contributed by atoms with Gasteiger partial charge in [-0.3, -0.25) is 5.10 Å². The van der Waals surface area contributed by atoms with E-state index in [-0.39, 0.29) is 18.2 Å². The lowest BCUT2D eigenvalue weighted by Crippen LogP contribution is -2.33. The lowest BCUT2D eigenvalue weighted by Gasteiger charge is -2.13. The number of H-pyrrole nitrogens is 1. The van der Waals surface area contributed by atoms with E-state index in [0.717, 1.165) is 16.9 Å². The smallest absolute Gasteiger partial charge is 0.407 e. The molecule has 160 valence electrons. The molecule has 11 nitrogen and oxygen atoms in total. The Hall–Kier alpha value is -3.18. The maximum Gasteiger partial charge on any atom is 0.407 e. The summed E-state index contributed by atoms with van der Waals surface area (Å²) in [6.45, 7) is 4.53. The largest absolute Gasteiger partial charge is 0.444 e. The Labute approximate surface area is 173 Å². The van der Waals surface area contributed by atoms with Gasteiger partial charge >= 0.3 is 6.09 Å². The third kappa shape index (κ3) is 4.52. The number of carbonyl (C=O) groups is 1. The molecule has 4 heterocycles. The molecule has 0 aromatic carbocycles. The summed E-state index contributed by atoms with van der Waals surface area (Å²) < 4.78 is 18.0. The third-order valence-electron chi connectivity index (χ3n) is 4.56. The molecule has 1 aliphatic heterocycles. The molecule has 4 rings (SSSR count). The molecule has 3 N–H and O–H groups in total. The van der Waals surface area contributed by atoms with Crippen LogP contribution in [0, 0.1) is 0 Å². The van der Waals surface area contributed by atoms with Crippen molar-refractivity contribution in [2.75, 3.05) is 19.0 Å². The number of ether oxygens (including phenoxy) is 3. The average molecular weight is 415 g/mol. The number of amides is 1. The van der Waals surface area contributed by atoms with Crippen LogP contribution in [0.1, 0.15) is 37.8 Å². The van der Waals surface area contributed by atoms with Crippen LogP contribution in [-0.4, -0.2) is 56.8 Å². The van der Waals surface area contributed by atoms with Gasteiger partial charge in [-0.05, 0) is 19.9 Å². The number of carbonyl (C=O) groups excluding carboxylic acids is 1. The Morgan fingerprint density at radius 3 is 3.10 bits per heavy atom. The van der Waals surface area contributed by atoms with Crippen molar-refractivity contribution in [3.05, 3.63) is 35.9 Å². The van der Waals surface area contributed by atoms with Crippen molar-refractivity contribution in [3.63, 3.8) is 0 Å². The van der Waals surface area contributed by atoms with Crippen LogP contribution >= 0.6 is 0 Å². The predicted octanol–water partition coefficient (Wildman–Crippen LogP) is 2.31. The summed E-state index contributed by atoms with van der Waals surface area (Å²) in [7, 11) is 1.63. The molecular formula is C19H25N7O4. The number of nitrogens with one attached hydrogen (secondary N) is 3. The van der Waals surface area contributed by atoms with Crippen molar-refractivity contribution < 1.29 is 19.0 Å². The monoisotopic (exact) mass is 415 g/mol. The highest BCUT2D eigenvalue weighted by atomic mass is 16.6. The fraction of sp³-hybridized carbons (Fsp3) is 0.474. The van der Waals surface area contributed by atoms with Crippen molar-refractivity contribution in [3.8, 4) is 0 Å². The first-order valence-corrected chi connectivity index (χ1v) is 9.75. The molecule has 0 aliphatic carbocycles. The van der Waals surface area contributed by atoms with Gasteiger partial charge in [-0.15, -0.1) is 0 Å². The predicted molar refractivity (Wildman–Crippen MR) is 107 cm³/mol. The SMILES string of the molecule is COCc1cc2c(Nc3cc([C@H]4C[C@@H](OC(=O)NC(C)C)CO4)[nH]n3)nccn2n1. The molecule has 2 atom stereocenters. The molecule has 0 unspecified atom stereocenters. The Kier molecular flexibility index (Phi) is 5.81. The van der Waals surface area contributed by atoms with Crippen LogP contribution in [0.3, 0.4) is 0 Å². The number of fused-ring (bicyclic) bond motifs is 1. The van der Waals surface area contributed by atoms with Gasteiger partial charge < -0.3 is 24.8 Å². The molecule has 1 saturated heterocycles. The van der Waals surface area contributed by atoms with E-state index in [9.17, 15) is 4.79 Å². The van der Waals surface area contributed by atoms with E-state index in [1.165, 1.54) is 0 Å². The second-order valence-corrected chi connectivity index (χ2v) is 7.39. The fourth-order valence-corrected chi connectivity index (χ4v) is 3.29. The molecule has 1 amide bonds. The van der Waals surface area contributed by atoms with Crippen LogP contribution in [0.5, 0.6) is 0 Å². The standard InChI is InChI=1S/C19H25N7O4/c1-11(2)21-19(27)30-13-7-16(29-10-13)14-8-17(24-23-14)22-18-15-6-12(9-28-3)25-26(15)5-4-20-18/h4-6,8,11,13,16H,7,9-10H2,1-3H3,(H,21,27)(H2,20,22,23,24)/t13-,16-/m1/s1. The van der Waals surface area contributed by atoms with E-state index < -0.39 is 6.09 Å². The number of aromatic nitrogens is 5. The van der Waals surface area contributed by atoms with Crippen LogP contribution in [-0.2, 0) is 20.8 Å². The Morgan fingerprint density at radius 2 is 2.30 bits per heavy atom. The van der Waals surface area contributed by atoms with Crippen LogP contribution in [0.15, 0.2) is 24.5 Å². The number of rotatable bonds is 7. The summed E-state index contributed by atoms with van der Waals surface area (Å²) in [6.07, 6.45) is 3.05. The third-order valence-corrected chi connectivity index (χ3v) is 4.56. The molecule has 11 heteroatoms. The molecule has 0 bridgehead atoms. The lowest BCUT2D eigenvalue weighted by molar-refractivity contribution is 0.0682. The van der Waals surface area contributed by atoms with Crippen molar-refractivity contribution in [1.29, 1.82) is 0 Å². The van der Waals surface area contributed by atoms with Gasteiger partial charge in [-0.25, -0.2) is 14.3 Å². The number of nitrogens with zero attached hydrogens (tertiary/aromatic N) is 4. The number of alkyl carbamates (subject to hydrolysis) is 1. The van der Waals surface area contributed by atoms with Gasteiger partial charge in [0, 0.05) is 38.0 Å². The van der Waals surface area contributed by atoms with Gasteiger partial charge in [0.1, 0.15) is 17.7 Å². The fourth-order valence-electron chi connectivity index (χ4n) is 3.29. The quantitative estimate of drug-likeness (QED) is 0.536. The van der Waals surface area contributed by atoms with Gasteiger partial charge in [0.25, 0.3) is 0 Å². The summed E-state index contributed by atoms with van der Waals surface area (Å²) in [5, 5.41) is 17.6. The zero-order chi connectivity index (χ0) is 21.1. The second-order valence-electron chi connectivity index (χ2n) is 7.39. The first-order chi connectivity index (χ1) is 14.5. The van der Waals surface area contributed by atoms with Gasteiger partial charge in [-0.1, -0.05) is 0 Å². The minimum Gasteiger partial charge on any atom is -0.444 e. The molecule has 1 aliphatic rings. The van der Waals surface area contributed by atoms with Crippen LogP contribution in [0.2, 0.25) is 0 Å². The normalized spacial score (nSPS) is 18.8. The first kappa shape index (κ1) is 20.1. The van der Waals surface area contributed by atoms with E-state index in [4.69, 9.17) is 14.2 Å². The summed E-state index contributed by atoms with van der Waals surface area (Å²) in [5.41, 5.74) is 2.42. The number of methoxy groups -OCH3 is 1. The molecule has 0 radical (unpaired) electrons. The highest BCUT2D eigenvalue weighted by Crippen LogP contribution is 2.31. The van der Waals surface area contributed by atoms with Crippen molar-refractivity contribution >= 4 is 23.2 Å². The van der Waals surface area contributed by atoms with Crippen LogP contribution < -0.4 is 10.6 Å². The highest BCUT2D eigenvalue weighted by Gasteiger charge is 2.31. The Bertz CT molecular complexity index is 1020. The number of hydrogen-bond donors (Lipinski definition) is 3. The maximum atomic E-state index is 11.8. The molecule has 30 heavy (non-hydrogen) atoms. The molecule has 3 aromatic heterocycles. The second kappa shape index (κ2) is 8.67. The summed E-state index contributed by atoms with van der Waals surface area (Å²) >= 11 is 0. The van der Waals surface area contributed by atoms with E-state index in [2.05, 4.69) is 30.9 Å². The van der Waals surface area contributed by atoms with E-state index in [0.29, 0.717) is 31.3 Å². The van der Waals surface area contributed by atoms with Crippen molar-refractivity contribution in [2.45, 2.75) is 45.1 Å². The maximum absolute atomic E-state index is 11.8.